The average molecular weight is 179 g/mol. The highest BCUT2D eigenvalue weighted by Crippen LogP contribution is 2.12. The molecule has 0 spiro atoms. The quantitative estimate of drug-likeness (QED) is 0.540. The largest absolute Gasteiger partial charge is 0.380 e. The molecule has 0 aliphatic rings. The summed E-state index contributed by atoms with van der Waals surface area (Å²) >= 11 is 0. The molecule has 0 aromatic heterocycles. The smallest absolute Gasteiger partial charge is 0.155 e. The number of hydrogen-bond donors (Lipinski definition) is 2. The maximum Gasteiger partial charge on any atom is 0.155 e. The molecular weight excluding hydrogens is 167 g/mol. The third kappa shape index (κ3) is 3.25. The second kappa shape index (κ2) is 5.32. The van der Waals surface area contributed by atoms with Gasteiger partial charge in [-0.1, -0.05) is 30.3 Å². The first-order chi connectivity index (χ1) is 6.34. The number of benzene rings is 1. The minimum Gasteiger partial charge on any atom is -0.380 e. The van der Waals surface area contributed by atoms with Gasteiger partial charge in [0.15, 0.2) is 5.83 Å². The van der Waals surface area contributed by atoms with E-state index in [1.807, 2.05) is 6.07 Å². The molecule has 0 saturated heterocycles. The van der Waals surface area contributed by atoms with E-state index in [0.29, 0.717) is 18.7 Å². The third-order valence-electron chi connectivity index (χ3n) is 1.49. The van der Waals surface area contributed by atoms with Gasteiger partial charge in [0.05, 0.1) is 6.20 Å². The van der Waals surface area contributed by atoms with E-state index in [0.717, 1.165) is 0 Å². The van der Waals surface area contributed by atoms with Gasteiger partial charge in [0.25, 0.3) is 0 Å². The molecule has 3 heteroatoms. The van der Waals surface area contributed by atoms with Gasteiger partial charge in [0.1, 0.15) is 0 Å². The Kier molecular flexibility index (Phi) is 3.99. The summed E-state index contributed by atoms with van der Waals surface area (Å²) in [7, 11) is 0. The molecule has 0 unspecified atom stereocenters. The molecule has 0 atom stereocenters. The predicted molar refractivity (Wildman–Crippen MR) is 51.3 cm³/mol. The van der Waals surface area contributed by atoms with Crippen LogP contribution in [-0.2, 0) is 0 Å². The number of rotatable bonds is 4. The topological polar surface area (TPSA) is 38.0 Å². The van der Waals surface area contributed by atoms with Crippen molar-refractivity contribution in [1.29, 1.82) is 0 Å². The van der Waals surface area contributed by atoms with E-state index in [9.17, 15) is 4.39 Å². The van der Waals surface area contributed by atoms with Gasteiger partial charge in [0, 0.05) is 18.7 Å². The molecule has 0 fully saturated rings. The van der Waals surface area contributed by atoms with Crippen molar-refractivity contribution < 1.29 is 4.39 Å². The zero-order valence-electron chi connectivity index (χ0n) is 7.26. The Bertz CT molecular complexity index is 270. The van der Waals surface area contributed by atoms with Gasteiger partial charge in [-0.05, 0) is 0 Å². The first kappa shape index (κ1) is 9.74. The molecule has 2 nitrogen and oxygen atoms in total. The molecule has 13 heavy (non-hydrogen) atoms. The number of nitrogens with two attached hydrogens (primary N) is 1. The average Bonchev–Trinajstić information content (AvgIpc) is 2.19. The van der Waals surface area contributed by atoms with Crippen LogP contribution in [0.5, 0.6) is 0 Å². The lowest BCUT2D eigenvalue weighted by atomic mass is 10.2. The molecule has 1 aromatic rings. The molecule has 69 valence electrons. The van der Waals surface area contributed by atoms with Crippen molar-refractivity contribution >= 4 is 5.83 Å². The maximum atomic E-state index is 13.2. The summed E-state index contributed by atoms with van der Waals surface area (Å²) < 4.78 is 13.2. The molecule has 0 amide bonds. The van der Waals surface area contributed by atoms with Crippen molar-refractivity contribution in [3.63, 3.8) is 0 Å². The van der Waals surface area contributed by atoms with Crippen LogP contribution in [0.1, 0.15) is 5.56 Å². The number of nitrogens with one attached hydrogen (secondary N) is 1. The Hall–Kier alpha value is -1.35. The van der Waals surface area contributed by atoms with E-state index in [1.165, 1.54) is 0 Å². The Morgan fingerprint density at radius 2 is 2.08 bits per heavy atom. The van der Waals surface area contributed by atoms with Crippen LogP contribution >= 0.6 is 0 Å². The van der Waals surface area contributed by atoms with Crippen molar-refractivity contribution in [1.82, 2.24) is 5.32 Å². The van der Waals surface area contributed by atoms with E-state index in [2.05, 4.69) is 11.5 Å². The Balaban J connectivity index is 2.57. The first-order valence-electron chi connectivity index (χ1n) is 4.11. The van der Waals surface area contributed by atoms with Crippen LogP contribution < -0.4 is 11.1 Å². The summed E-state index contributed by atoms with van der Waals surface area (Å²) in [5, 5.41) is 2.65. The summed E-state index contributed by atoms with van der Waals surface area (Å²) in [6, 6.07) is 8.77. The first-order valence-corrected chi connectivity index (χ1v) is 4.11. The summed E-state index contributed by atoms with van der Waals surface area (Å²) in [5.74, 6) is -0.394. The number of halogens is 1. The Morgan fingerprint density at radius 1 is 1.38 bits per heavy atom. The highest BCUT2D eigenvalue weighted by atomic mass is 19.1. The molecule has 1 rings (SSSR count). The highest BCUT2D eigenvalue weighted by molar-refractivity contribution is 5.56. The van der Waals surface area contributed by atoms with Crippen molar-refractivity contribution in [2.24, 2.45) is 5.73 Å². The standard InChI is InChI=1S/C10H12FN2/c11-10(8-13-7-6-12)9-4-2-1-3-5-9/h1-5,13H,6-7,12H2. The number of hydrogen-bond acceptors (Lipinski definition) is 2. The van der Waals surface area contributed by atoms with E-state index in [1.54, 1.807) is 24.3 Å². The van der Waals surface area contributed by atoms with E-state index in [4.69, 9.17) is 5.73 Å². The van der Waals surface area contributed by atoms with Crippen LogP contribution in [0, 0.1) is 6.20 Å². The van der Waals surface area contributed by atoms with Crippen LogP contribution in [0.3, 0.4) is 0 Å². The summed E-state index contributed by atoms with van der Waals surface area (Å²) in [6.07, 6.45) is 2.42. The van der Waals surface area contributed by atoms with Gasteiger partial charge in [-0.15, -0.1) is 0 Å². The summed E-state index contributed by atoms with van der Waals surface area (Å²) in [6.45, 7) is 0.995. The molecule has 0 aliphatic carbocycles. The van der Waals surface area contributed by atoms with E-state index in [-0.39, 0.29) is 0 Å². The van der Waals surface area contributed by atoms with E-state index < -0.39 is 5.83 Å². The van der Waals surface area contributed by atoms with Gasteiger partial charge < -0.3 is 11.1 Å². The van der Waals surface area contributed by atoms with Crippen LogP contribution in [0.2, 0.25) is 0 Å². The monoisotopic (exact) mass is 179 g/mol. The fourth-order valence-corrected chi connectivity index (χ4v) is 0.869. The molecule has 1 aromatic carbocycles. The molecule has 0 saturated carbocycles. The van der Waals surface area contributed by atoms with Gasteiger partial charge in [-0.25, -0.2) is 4.39 Å². The summed E-state index contributed by atoms with van der Waals surface area (Å²) in [5.41, 5.74) is 5.74. The van der Waals surface area contributed by atoms with Crippen molar-refractivity contribution in [3.05, 3.63) is 42.1 Å². The zero-order chi connectivity index (χ0) is 9.52. The second-order valence-corrected chi connectivity index (χ2v) is 2.52. The SMILES string of the molecule is NCCN[C]=C(F)c1ccccc1. The zero-order valence-corrected chi connectivity index (χ0v) is 7.26. The van der Waals surface area contributed by atoms with Gasteiger partial charge in [-0.2, -0.15) is 0 Å². The van der Waals surface area contributed by atoms with Gasteiger partial charge in [-0.3, -0.25) is 0 Å². The third-order valence-corrected chi connectivity index (χ3v) is 1.49. The van der Waals surface area contributed by atoms with Crippen LogP contribution in [-0.4, -0.2) is 13.1 Å². The minimum absolute atomic E-state index is 0.394. The van der Waals surface area contributed by atoms with Crippen LogP contribution in [0.15, 0.2) is 30.3 Å². The Morgan fingerprint density at radius 3 is 2.69 bits per heavy atom. The lowest BCUT2D eigenvalue weighted by Gasteiger charge is -1.98. The maximum absolute atomic E-state index is 13.2. The second-order valence-electron chi connectivity index (χ2n) is 2.52. The van der Waals surface area contributed by atoms with Crippen LogP contribution in [0.4, 0.5) is 4.39 Å². The summed E-state index contributed by atoms with van der Waals surface area (Å²) in [4.78, 5) is 0. The molecule has 0 aliphatic heterocycles. The molecule has 0 heterocycles. The van der Waals surface area contributed by atoms with Crippen molar-refractivity contribution in [2.75, 3.05) is 13.1 Å². The van der Waals surface area contributed by atoms with Crippen LogP contribution in [0.25, 0.3) is 5.83 Å². The lowest BCUT2D eigenvalue weighted by molar-refractivity contribution is 0.729. The minimum atomic E-state index is -0.394. The predicted octanol–water partition coefficient (Wildman–Crippen LogP) is 1.31. The van der Waals surface area contributed by atoms with Crippen molar-refractivity contribution in [3.8, 4) is 0 Å². The molecule has 1 radical (unpaired) electrons. The fraction of sp³-hybridized carbons (Fsp3) is 0.200. The highest BCUT2D eigenvalue weighted by Gasteiger charge is 1.97. The molecular formula is C10H12FN2. The molecule has 0 bridgehead atoms. The van der Waals surface area contributed by atoms with Gasteiger partial charge in [0.2, 0.25) is 0 Å². The normalized spacial score (nSPS) is 11.4. The Labute approximate surface area is 77.3 Å². The van der Waals surface area contributed by atoms with Crippen molar-refractivity contribution in [2.45, 2.75) is 0 Å². The molecule has 3 N–H and O–H groups in total. The lowest BCUT2D eigenvalue weighted by Crippen LogP contribution is -2.17. The fourth-order valence-electron chi connectivity index (χ4n) is 0.869. The van der Waals surface area contributed by atoms with Gasteiger partial charge >= 0.3 is 0 Å². The van der Waals surface area contributed by atoms with E-state index >= 15 is 0 Å².